The molecule has 0 aliphatic carbocycles. The standard InChI is InChI=1S/C12H22ClN3O2S/c1-9(2)7-16(8-10(3)4)19(17,18)12-11(5-13)6-14-15-12/h6,9-10H,5,7-8H2,1-4H3,(H,14,15). The summed E-state index contributed by atoms with van der Waals surface area (Å²) in [4.78, 5) is 0. The normalized spacial score (nSPS) is 12.8. The van der Waals surface area contributed by atoms with E-state index in [0.29, 0.717) is 18.7 Å². The van der Waals surface area contributed by atoms with Gasteiger partial charge in [0, 0.05) is 18.7 Å². The predicted molar refractivity (Wildman–Crippen MR) is 76.6 cm³/mol. The molecule has 0 amide bonds. The van der Waals surface area contributed by atoms with Gasteiger partial charge in [-0.15, -0.1) is 11.6 Å². The second-order valence-corrected chi connectivity index (χ2v) is 7.61. The Bertz CT molecular complexity index is 487. The highest BCUT2D eigenvalue weighted by molar-refractivity contribution is 7.89. The van der Waals surface area contributed by atoms with Crippen LogP contribution < -0.4 is 0 Å². The van der Waals surface area contributed by atoms with Gasteiger partial charge in [0.1, 0.15) is 0 Å². The van der Waals surface area contributed by atoms with Crippen molar-refractivity contribution in [3.05, 3.63) is 11.8 Å². The molecule has 1 aromatic rings. The molecule has 0 aromatic carbocycles. The Kier molecular flexibility index (Phi) is 5.82. The molecule has 1 N–H and O–H groups in total. The van der Waals surface area contributed by atoms with E-state index in [0.717, 1.165) is 0 Å². The molecule has 0 aliphatic heterocycles. The van der Waals surface area contributed by atoms with Crippen LogP contribution in [0.25, 0.3) is 0 Å². The summed E-state index contributed by atoms with van der Waals surface area (Å²) in [6.07, 6.45) is 1.46. The second-order valence-electron chi connectivity index (χ2n) is 5.47. The number of hydrogen-bond acceptors (Lipinski definition) is 3. The van der Waals surface area contributed by atoms with Gasteiger partial charge in [0.2, 0.25) is 0 Å². The molecule has 0 saturated heterocycles. The van der Waals surface area contributed by atoms with Crippen molar-refractivity contribution in [2.75, 3.05) is 13.1 Å². The average molecular weight is 308 g/mol. The summed E-state index contributed by atoms with van der Waals surface area (Å²) in [5.41, 5.74) is 0.513. The van der Waals surface area contributed by atoms with Gasteiger partial charge in [-0.05, 0) is 11.8 Å². The van der Waals surface area contributed by atoms with E-state index in [-0.39, 0.29) is 22.7 Å². The van der Waals surface area contributed by atoms with Crippen molar-refractivity contribution in [2.45, 2.75) is 38.6 Å². The van der Waals surface area contributed by atoms with Crippen LogP contribution in [-0.4, -0.2) is 36.0 Å². The first-order valence-corrected chi connectivity index (χ1v) is 8.34. The van der Waals surface area contributed by atoms with Gasteiger partial charge in [-0.2, -0.15) is 9.40 Å². The van der Waals surface area contributed by atoms with Gasteiger partial charge in [-0.1, -0.05) is 27.7 Å². The van der Waals surface area contributed by atoms with Crippen LogP contribution in [0.4, 0.5) is 0 Å². The number of alkyl halides is 1. The lowest BCUT2D eigenvalue weighted by molar-refractivity contribution is 0.332. The highest BCUT2D eigenvalue weighted by Gasteiger charge is 2.29. The van der Waals surface area contributed by atoms with Gasteiger partial charge in [-0.3, -0.25) is 5.10 Å². The van der Waals surface area contributed by atoms with E-state index in [1.54, 1.807) is 0 Å². The third kappa shape index (κ3) is 4.19. The van der Waals surface area contributed by atoms with Crippen LogP contribution in [0.2, 0.25) is 0 Å². The number of aromatic nitrogens is 2. The lowest BCUT2D eigenvalue weighted by Gasteiger charge is -2.25. The van der Waals surface area contributed by atoms with Crippen LogP contribution in [0, 0.1) is 11.8 Å². The minimum absolute atomic E-state index is 0.115. The summed E-state index contributed by atoms with van der Waals surface area (Å²) in [6.45, 7) is 8.97. The van der Waals surface area contributed by atoms with Crippen LogP contribution in [0.5, 0.6) is 0 Å². The van der Waals surface area contributed by atoms with Crippen molar-refractivity contribution in [1.82, 2.24) is 14.5 Å². The van der Waals surface area contributed by atoms with E-state index in [2.05, 4.69) is 10.2 Å². The molecule has 0 fully saturated rings. The average Bonchev–Trinajstić information content (AvgIpc) is 2.75. The van der Waals surface area contributed by atoms with Gasteiger partial charge in [0.25, 0.3) is 10.0 Å². The fourth-order valence-corrected chi connectivity index (χ4v) is 3.99. The summed E-state index contributed by atoms with van der Waals surface area (Å²) in [7, 11) is -3.56. The second kappa shape index (κ2) is 6.72. The third-order valence-electron chi connectivity index (χ3n) is 2.56. The first-order valence-electron chi connectivity index (χ1n) is 6.37. The quantitative estimate of drug-likeness (QED) is 0.787. The Labute approximate surface area is 120 Å². The number of halogens is 1. The van der Waals surface area contributed by atoms with Crippen molar-refractivity contribution in [3.63, 3.8) is 0 Å². The van der Waals surface area contributed by atoms with Gasteiger partial charge < -0.3 is 0 Å². The van der Waals surface area contributed by atoms with Gasteiger partial charge in [0.05, 0.1) is 12.1 Å². The number of aromatic amines is 1. The smallest absolute Gasteiger partial charge is 0.260 e. The van der Waals surface area contributed by atoms with Gasteiger partial charge in [0.15, 0.2) is 5.03 Å². The molecule has 0 atom stereocenters. The minimum Gasteiger partial charge on any atom is -0.266 e. The van der Waals surface area contributed by atoms with Crippen LogP contribution >= 0.6 is 11.6 Å². The fraction of sp³-hybridized carbons (Fsp3) is 0.750. The summed E-state index contributed by atoms with van der Waals surface area (Å²) in [5, 5.41) is 6.46. The monoisotopic (exact) mass is 307 g/mol. The molecule has 1 heterocycles. The van der Waals surface area contributed by atoms with Gasteiger partial charge >= 0.3 is 0 Å². The maximum atomic E-state index is 12.6. The SMILES string of the molecule is CC(C)CN(CC(C)C)S(=O)(=O)c1[nH]ncc1CCl. The Morgan fingerprint density at radius 2 is 1.79 bits per heavy atom. The van der Waals surface area contributed by atoms with Crippen LogP contribution in [0.3, 0.4) is 0 Å². The highest BCUT2D eigenvalue weighted by atomic mass is 35.5. The molecule has 0 spiro atoms. The van der Waals surface area contributed by atoms with Crippen molar-refractivity contribution < 1.29 is 8.42 Å². The number of nitrogens with zero attached hydrogens (tertiary/aromatic N) is 2. The fourth-order valence-electron chi connectivity index (χ4n) is 1.83. The molecule has 0 bridgehead atoms. The number of sulfonamides is 1. The molecule has 5 nitrogen and oxygen atoms in total. The lowest BCUT2D eigenvalue weighted by atomic mass is 10.2. The first-order chi connectivity index (χ1) is 8.78. The lowest BCUT2D eigenvalue weighted by Crippen LogP contribution is -2.37. The topological polar surface area (TPSA) is 66.1 Å². The zero-order valence-electron chi connectivity index (χ0n) is 11.9. The van der Waals surface area contributed by atoms with E-state index < -0.39 is 10.0 Å². The maximum Gasteiger partial charge on any atom is 0.260 e. The zero-order valence-corrected chi connectivity index (χ0v) is 13.4. The Hall–Kier alpha value is -0.590. The van der Waals surface area contributed by atoms with E-state index in [1.807, 2.05) is 27.7 Å². The number of nitrogens with one attached hydrogen (secondary N) is 1. The van der Waals surface area contributed by atoms with E-state index in [4.69, 9.17) is 11.6 Å². The van der Waals surface area contributed by atoms with E-state index >= 15 is 0 Å². The largest absolute Gasteiger partial charge is 0.266 e. The van der Waals surface area contributed by atoms with Crippen molar-refractivity contribution in [1.29, 1.82) is 0 Å². The Morgan fingerprint density at radius 3 is 2.21 bits per heavy atom. The molecule has 0 radical (unpaired) electrons. The van der Waals surface area contributed by atoms with Crippen LogP contribution in [0.15, 0.2) is 11.2 Å². The summed E-state index contributed by atoms with van der Waals surface area (Å²) in [6, 6.07) is 0. The molecule has 7 heteroatoms. The molecular formula is C12H22ClN3O2S. The molecule has 19 heavy (non-hydrogen) atoms. The van der Waals surface area contributed by atoms with E-state index in [1.165, 1.54) is 10.5 Å². The molecular weight excluding hydrogens is 286 g/mol. The number of H-pyrrole nitrogens is 1. The number of hydrogen-bond donors (Lipinski definition) is 1. The molecule has 1 aromatic heterocycles. The van der Waals surface area contributed by atoms with E-state index in [9.17, 15) is 8.42 Å². The number of rotatable bonds is 7. The first kappa shape index (κ1) is 16.5. The maximum absolute atomic E-state index is 12.6. The molecule has 110 valence electrons. The van der Waals surface area contributed by atoms with Crippen molar-refractivity contribution >= 4 is 21.6 Å². The third-order valence-corrected chi connectivity index (χ3v) is 4.69. The molecule has 0 aliphatic rings. The zero-order chi connectivity index (χ0) is 14.6. The van der Waals surface area contributed by atoms with Crippen molar-refractivity contribution in [2.24, 2.45) is 11.8 Å². The molecule has 0 saturated carbocycles. The molecule has 1 rings (SSSR count). The van der Waals surface area contributed by atoms with Crippen LogP contribution in [0.1, 0.15) is 33.3 Å². The summed E-state index contributed by atoms with van der Waals surface area (Å²) >= 11 is 5.75. The summed E-state index contributed by atoms with van der Waals surface area (Å²) < 4.78 is 26.8. The van der Waals surface area contributed by atoms with Crippen LogP contribution in [-0.2, 0) is 15.9 Å². The molecule has 0 unspecified atom stereocenters. The highest BCUT2D eigenvalue weighted by Crippen LogP contribution is 2.21. The Morgan fingerprint density at radius 1 is 1.26 bits per heavy atom. The predicted octanol–water partition coefficient (Wildman–Crippen LogP) is 2.45. The summed E-state index contributed by atoms with van der Waals surface area (Å²) in [5.74, 6) is 0.647. The Balaban J connectivity index is 3.11. The van der Waals surface area contributed by atoms with Crippen molar-refractivity contribution in [3.8, 4) is 0 Å². The van der Waals surface area contributed by atoms with Gasteiger partial charge in [-0.25, -0.2) is 8.42 Å². The minimum atomic E-state index is -3.56.